The van der Waals surface area contributed by atoms with Gasteiger partial charge in [-0.15, -0.1) is 0 Å². The van der Waals surface area contributed by atoms with Crippen LogP contribution in [0.15, 0.2) is 10.6 Å². The topological polar surface area (TPSA) is 75.4 Å². The normalized spacial score (nSPS) is 15.7. The van der Waals surface area contributed by atoms with Gasteiger partial charge in [-0.05, 0) is 12.8 Å². The van der Waals surface area contributed by atoms with Crippen LogP contribution in [0, 0.1) is 0 Å². The summed E-state index contributed by atoms with van der Waals surface area (Å²) in [5, 5.41) is 15.2. The average Bonchev–Trinajstić information content (AvgIpc) is 2.73. The Kier molecular flexibility index (Phi) is 1.92. The molecule has 1 aliphatic rings. The number of hydrogen-bond acceptors (Lipinski definition) is 4. The highest BCUT2D eigenvalue weighted by atomic mass is 16.5. The van der Waals surface area contributed by atoms with Gasteiger partial charge in [-0.1, -0.05) is 5.16 Å². The zero-order chi connectivity index (χ0) is 9.26. The minimum absolute atomic E-state index is 0.0875. The van der Waals surface area contributed by atoms with Crippen LogP contribution in [0.2, 0.25) is 0 Å². The van der Waals surface area contributed by atoms with Crippen LogP contribution in [0.1, 0.15) is 18.5 Å². The SMILES string of the molecule is O=C(O)Cc1cc(NC2CC2)on1. The number of carboxylic acids is 1. The average molecular weight is 182 g/mol. The zero-order valence-electron chi connectivity index (χ0n) is 6.99. The maximum absolute atomic E-state index is 10.3. The van der Waals surface area contributed by atoms with Crippen molar-refractivity contribution in [3.63, 3.8) is 0 Å². The molecule has 5 nitrogen and oxygen atoms in total. The minimum atomic E-state index is -0.897. The van der Waals surface area contributed by atoms with Crippen LogP contribution in [0.25, 0.3) is 0 Å². The zero-order valence-corrected chi connectivity index (χ0v) is 6.99. The second kappa shape index (κ2) is 3.08. The molecule has 2 rings (SSSR count). The summed E-state index contributed by atoms with van der Waals surface area (Å²) in [6.45, 7) is 0. The lowest BCUT2D eigenvalue weighted by Gasteiger charge is -1.93. The fourth-order valence-corrected chi connectivity index (χ4v) is 1.05. The van der Waals surface area contributed by atoms with Gasteiger partial charge in [0.2, 0.25) is 5.88 Å². The number of rotatable bonds is 4. The van der Waals surface area contributed by atoms with Gasteiger partial charge in [-0.3, -0.25) is 4.79 Å². The Balaban J connectivity index is 1.95. The van der Waals surface area contributed by atoms with E-state index in [1.165, 1.54) is 0 Å². The number of anilines is 1. The fourth-order valence-electron chi connectivity index (χ4n) is 1.05. The maximum Gasteiger partial charge on any atom is 0.309 e. The van der Waals surface area contributed by atoms with E-state index in [0.29, 0.717) is 17.6 Å². The van der Waals surface area contributed by atoms with E-state index in [1.807, 2.05) is 0 Å². The molecule has 0 atom stereocenters. The quantitative estimate of drug-likeness (QED) is 0.722. The third-order valence-electron chi connectivity index (χ3n) is 1.82. The van der Waals surface area contributed by atoms with Crippen molar-refractivity contribution in [1.29, 1.82) is 0 Å². The van der Waals surface area contributed by atoms with Crippen LogP contribution in [0.4, 0.5) is 5.88 Å². The third-order valence-corrected chi connectivity index (χ3v) is 1.82. The predicted octanol–water partition coefficient (Wildman–Crippen LogP) is 0.876. The minimum Gasteiger partial charge on any atom is -0.481 e. The van der Waals surface area contributed by atoms with Crippen molar-refractivity contribution >= 4 is 11.9 Å². The first-order valence-electron chi connectivity index (χ1n) is 4.18. The van der Waals surface area contributed by atoms with Crippen molar-refractivity contribution in [2.45, 2.75) is 25.3 Å². The summed E-state index contributed by atoms with van der Waals surface area (Å²) in [6.07, 6.45) is 2.21. The first-order chi connectivity index (χ1) is 6.24. The summed E-state index contributed by atoms with van der Waals surface area (Å²) in [4.78, 5) is 10.3. The lowest BCUT2D eigenvalue weighted by molar-refractivity contribution is -0.136. The molecular weight excluding hydrogens is 172 g/mol. The molecule has 1 aromatic heterocycles. The van der Waals surface area contributed by atoms with E-state index < -0.39 is 5.97 Å². The van der Waals surface area contributed by atoms with Gasteiger partial charge in [0.05, 0.1) is 12.1 Å². The Hall–Kier alpha value is -1.52. The van der Waals surface area contributed by atoms with Crippen molar-refractivity contribution in [3.8, 4) is 0 Å². The fraction of sp³-hybridized carbons (Fsp3) is 0.500. The van der Waals surface area contributed by atoms with E-state index in [2.05, 4.69) is 10.5 Å². The van der Waals surface area contributed by atoms with Gasteiger partial charge in [0.1, 0.15) is 0 Å². The van der Waals surface area contributed by atoms with Crippen LogP contribution < -0.4 is 5.32 Å². The van der Waals surface area contributed by atoms with Crippen LogP contribution in [-0.2, 0) is 11.2 Å². The largest absolute Gasteiger partial charge is 0.481 e. The van der Waals surface area contributed by atoms with Gasteiger partial charge in [0.25, 0.3) is 0 Å². The van der Waals surface area contributed by atoms with Crippen LogP contribution in [0.5, 0.6) is 0 Å². The molecule has 0 aromatic carbocycles. The van der Waals surface area contributed by atoms with Crippen LogP contribution in [0.3, 0.4) is 0 Å². The van der Waals surface area contributed by atoms with Gasteiger partial charge in [-0.2, -0.15) is 0 Å². The summed E-state index contributed by atoms with van der Waals surface area (Å²) in [6, 6.07) is 2.12. The summed E-state index contributed by atoms with van der Waals surface area (Å²) in [5.41, 5.74) is 0.454. The number of carboxylic acid groups (broad SMARTS) is 1. The van der Waals surface area contributed by atoms with E-state index in [0.717, 1.165) is 12.8 Å². The molecule has 0 aliphatic heterocycles. The van der Waals surface area contributed by atoms with Crippen molar-refractivity contribution in [2.24, 2.45) is 0 Å². The molecule has 0 radical (unpaired) electrons. The van der Waals surface area contributed by atoms with E-state index in [-0.39, 0.29) is 6.42 Å². The van der Waals surface area contributed by atoms with Gasteiger partial charge >= 0.3 is 5.97 Å². The van der Waals surface area contributed by atoms with Gasteiger partial charge in [-0.25, -0.2) is 0 Å². The molecule has 1 saturated carbocycles. The maximum atomic E-state index is 10.3. The summed E-state index contributed by atoms with van der Waals surface area (Å²) < 4.78 is 4.89. The Morgan fingerprint density at radius 2 is 2.54 bits per heavy atom. The molecule has 5 heteroatoms. The smallest absolute Gasteiger partial charge is 0.309 e. The Labute approximate surface area is 74.7 Å². The Morgan fingerprint density at radius 1 is 1.77 bits per heavy atom. The monoisotopic (exact) mass is 182 g/mol. The highest BCUT2D eigenvalue weighted by Gasteiger charge is 2.22. The summed E-state index contributed by atoms with van der Waals surface area (Å²) in [7, 11) is 0. The molecule has 1 fully saturated rings. The molecule has 1 aliphatic carbocycles. The van der Waals surface area contributed by atoms with E-state index in [4.69, 9.17) is 9.63 Å². The lowest BCUT2D eigenvalue weighted by Crippen LogP contribution is -2.00. The number of nitrogens with zero attached hydrogens (tertiary/aromatic N) is 1. The van der Waals surface area contributed by atoms with Crippen molar-refractivity contribution in [2.75, 3.05) is 5.32 Å². The van der Waals surface area contributed by atoms with Crippen molar-refractivity contribution < 1.29 is 14.4 Å². The van der Waals surface area contributed by atoms with Gasteiger partial charge in [0, 0.05) is 12.1 Å². The molecule has 0 bridgehead atoms. The second-order valence-electron chi connectivity index (χ2n) is 3.17. The molecule has 0 spiro atoms. The standard InChI is InChI=1S/C8H10N2O3/c11-8(12)4-6-3-7(13-10-6)9-5-1-2-5/h3,5,9H,1-2,4H2,(H,11,12). The number of carbonyl (C=O) groups is 1. The first kappa shape index (κ1) is 8.10. The molecule has 1 aromatic rings. The summed E-state index contributed by atoms with van der Waals surface area (Å²) >= 11 is 0. The molecule has 1 heterocycles. The van der Waals surface area contributed by atoms with Gasteiger partial charge < -0.3 is 14.9 Å². The van der Waals surface area contributed by atoms with Crippen molar-refractivity contribution in [3.05, 3.63) is 11.8 Å². The number of nitrogens with one attached hydrogen (secondary N) is 1. The molecule has 70 valence electrons. The van der Waals surface area contributed by atoms with E-state index >= 15 is 0 Å². The Morgan fingerprint density at radius 3 is 3.15 bits per heavy atom. The molecule has 0 amide bonds. The molecule has 0 unspecified atom stereocenters. The van der Waals surface area contributed by atoms with Crippen LogP contribution >= 0.6 is 0 Å². The predicted molar refractivity (Wildman–Crippen MR) is 44.5 cm³/mol. The van der Waals surface area contributed by atoms with E-state index in [9.17, 15) is 4.79 Å². The molecule has 2 N–H and O–H groups in total. The second-order valence-corrected chi connectivity index (χ2v) is 3.17. The van der Waals surface area contributed by atoms with Crippen molar-refractivity contribution in [1.82, 2.24) is 5.16 Å². The third kappa shape index (κ3) is 2.21. The molecular formula is C8H10N2O3. The lowest BCUT2D eigenvalue weighted by atomic mass is 10.3. The van der Waals surface area contributed by atoms with E-state index in [1.54, 1.807) is 6.07 Å². The summed E-state index contributed by atoms with van der Waals surface area (Å²) in [5.74, 6) is -0.329. The van der Waals surface area contributed by atoms with Gasteiger partial charge in [0.15, 0.2) is 0 Å². The number of aliphatic carboxylic acids is 1. The highest BCUT2D eigenvalue weighted by Crippen LogP contribution is 2.24. The Bertz CT molecular complexity index is 317. The number of aromatic nitrogens is 1. The van der Waals surface area contributed by atoms with Crippen LogP contribution in [-0.4, -0.2) is 22.3 Å². The first-order valence-corrected chi connectivity index (χ1v) is 4.18. The molecule has 13 heavy (non-hydrogen) atoms. The number of hydrogen-bond donors (Lipinski definition) is 2. The molecule has 0 saturated heterocycles. The highest BCUT2D eigenvalue weighted by molar-refractivity contribution is 5.69.